The van der Waals surface area contributed by atoms with E-state index < -0.39 is 5.60 Å². The Bertz CT molecular complexity index is 511. The van der Waals surface area contributed by atoms with Crippen LogP contribution in [0.25, 0.3) is 0 Å². The van der Waals surface area contributed by atoms with Crippen LogP contribution in [0.2, 0.25) is 0 Å². The van der Waals surface area contributed by atoms with Crippen LogP contribution in [0.4, 0.5) is 4.79 Å². The molecule has 1 aliphatic heterocycles. The highest BCUT2D eigenvalue weighted by Crippen LogP contribution is 2.25. The summed E-state index contributed by atoms with van der Waals surface area (Å²) in [4.78, 5) is 13.9. The molecule has 1 aromatic heterocycles. The number of ether oxygens (including phenoxy) is 1. The molecule has 21 heavy (non-hydrogen) atoms. The van der Waals surface area contributed by atoms with Crippen molar-refractivity contribution in [1.29, 1.82) is 0 Å². The Morgan fingerprint density at radius 1 is 1.52 bits per heavy atom. The van der Waals surface area contributed by atoms with Crippen molar-refractivity contribution < 1.29 is 9.53 Å². The number of carbonyl (C=O) groups is 1. The third-order valence-corrected chi connectivity index (χ3v) is 4.41. The van der Waals surface area contributed by atoms with Crippen molar-refractivity contribution in [2.45, 2.75) is 51.8 Å². The quantitative estimate of drug-likeness (QED) is 0.758. The minimum Gasteiger partial charge on any atom is -0.444 e. The molecular weight excluding hydrogens is 385 g/mol. The number of amides is 1. The first-order valence-electron chi connectivity index (χ1n) is 7.09. The zero-order valence-corrected chi connectivity index (χ0v) is 14.8. The summed E-state index contributed by atoms with van der Waals surface area (Å²) in [5.41, 5.74) is 5.96. The van der Waals surface area contributed by atoms with Gasteiger partial charge in [-0.3, -0.25) is 0 Å². The number of halogens is 1. The second-order valence-electron chi connectivity index (χ2n) is 6.20. The zero-order chi connectivity index (χ0) is 15.6. The molecule has 7 nitrogen and oxygen atoms in total. The molecule has 1 fully saturated rings. The van der Waals surface area contributed by atoms with Crippen molar-refractivity contribution >= 4 is 28.7 Å². The Balaban J connectivity index is 2.07. The molecule has 1 saturated heterocycles. The molecule has 2 N–H and O–H groups in total. The number of hydrogen-bond donors (Lipinski definition) is 1. The molecule has 1 unspecified atom stereocenters. The van der Waals surface area contributed by atoms with Crippen LogP contribution >= 0.6 is 22.6 Å². The molecule has 1 aliphatic rings. The van der Waals surface area contributed by atoms with Gasteiger partial charge in [0.2, 0.25) is 0 Å². The number of likely N-dealkylation sites (tertiary alicyclic amines) is 1. The minimum absolute atomic E-state index is 0.131. The van der Waals surface area contributed by atoms with Gasteiger partial charge in [0, 0.05) is 19.6 Å². The lowest BCUT2D eigenvalue weighted by Gasteiger charge is -2.34. The first-order chi connectivity index (χ1) is 9.81. The average molecular weight is 407 g/mol. The van der Waals surface area contributed by atoms with E-state index in [-0.39, 0.29) is 12.1 Å². The first kappa shape index (κ1) is 16.5. The van der Waals surface area contributed by atoms with Gasteiger partial charge in [0.25, 0.3) is 0 Å². The fourth-order valence-corrected chi connectivity index (χ4v) is 3.14. The maximum Gasteiger partial charge on any atom is 0.410 e. The summed E-state index contributed by atoms with van der Waals surface area (Å²) in [6, 6.07) is 0.131. The molecule has 1 atom stereocenters. The normalized spacial score (nSPS) is 19.7. The predicted octanol–water partition coefficient (Wildman–Crippen LogP) is 1.91. The lowest BCUT2D eigenvalue weighted by atomic mass is 10.1. The molecule has 2 heterocycles. The van der Waals surface area contributed by atoms with E-state index in [0.717, 1.165) is 28.8 Å². The summed E-state index contributed by atoms with van der Waals surface area (Å²) < 4.78 is 8.26. The van der Waals surface area contributed by atoms with E-state index in [1.165, 1.54) is 0 Å². The van der Waals surface area contributed by atoms with Gasteiger partial charge in [-0.1, -0.05) is 5.21 Å². The predicted molar refractivity (Wildman–Crippen MR) is 86.7 cm³/mol. The summed E-state index contributed by atoms with van der Waals surface area (Å²) >= 11 is 2.21. The summed E-state index contributed by atoms with van der Waals surface area (Å²) in [7, 11) is 0. The van der Waals surface area contributed by atoms with E-state index in [0.29, 0.717) is 13.1 Å². The van der Waals surface area contributed by atoms with E-state index in [2.05, 4.69) is 32.9 Å². The smallest absolute Gasteiger partial charge is 0.410 e. The van der Waals surface area contributed by atoms with Crippen LogP contribution in [0.15, 0.2) is 0 Å². The van der Waals surface area contributed by atoms with Crippen LogP contribution in [0.5, 0.6) is 0 Å². The highest BCUT2D eigenvalue weighted by Gasteiger charge is 2.30. The van der Waals surface area contributed by atoms with Crippen molar-refractivity contribution in [2.24, 2.45) is 5.73 Å². The Kier molecular flexibility index (Phi) is 5.07. The van der Waals surface area contributed by atoms with Crippen molar-refractivity contribution in [1.82, 2.24) is 19.9 Å². The van der Waals surface area contributed by atoms with Crippen LogP contribution in [0.3, 0.4) is 0 Å². The van der Waals surface area contributed by atoms with Crippen molar-refractivity contribution in [3.63, 3.8) is 0 Å². The van der Waals surface area contributed by atoms with Gasteiger partial charge in [0.1, 0.15) is 15.0 Å². The number of nitrogens with zero attached hydrogens (tertiary/aromatic N) is 4. The molecule has 1 aromatic rings. The largest absolute Gasteiger partial charge is 0.444 e. The molecule has 0 aliphatic carbocycles. The molecule has 118 valence electrons. The second kappa shape index (κ2) is 6.47. The Hall–Kier alpha value is -0.900. The van der Waals surface area contributed by atoms with E-state index in [1.807, 2.05) is 25.5 Å². The number of hydrogen-bond acceptors (Lipinski definition) is 5. The van der Waals surface area contributed by atoms with E-state index in [1.54, 1.807) is 4.90 Å². The van der Waals surface area contributed by atoms with Gasteiger partial charge in [-0.2, -0.15) is 0 Å². The number of aromatic nitrogens is 3. The van der Waals surface area contributed by atoms with Crippen LogP contribution in [-0.2, 0) is 11.3 Å². The van der Waals surface area contributed by atoms with Crippen LogP contribution in [0, 0.1) is 3.70 Å². The van der Waals surface area contributed by atoms with Crippen LogP contribution in [0.1, 0.15) is 45.3 Å². The van der Waals surface area contributed by atoms with Gasteiger partial charge in [-0.25, -0.2) is 9.48 Å². The van der Waals surface area contributed by atoms with Gasteiger partial charge in [0.05, 0.1) is 6.04 Å². The van der Waals surface area contributed by atoms with Gasteiger partial charge in [-0.05, 0) is 56.2 Å². The molecular formula is C13H22IN5O2. The van der Waals surface area contributed by atoms with Gasteiger partial charge in [-0.15, -0.1) is 5.10 Å². The van der Waals surface area contributed by atoms with Gasteiger partial charge >= 0.3 is 6.09 Å². The van der Waals surface area contributed by atoms with Crippen molar-refractivity contribution in [3.8, 4) is 0 Å². The van der Waals surface area contributed by atoms with E-state index in [9.17, 15) is 4.79 Å². The Morgan fingerprint density at radius 3 is 2.81 bits per heavy atom. The SMILES string of the molecule is CC(C)(C)OC(=O)N1CCCC(n2nnc(CN)c2I)C1. The maximum atomic E-state index is 12.2. The lowest BCUT2D eigenvalue weighted by molar-refractivity contribution is 0.0165. The lowest BCUT2D eigenvalue weighted by Crippen LogP contribution is -2.43. The zero-order valence-electron chi connectivity index (χ0n) is 12.7. The fraction of sp³-hybridized carbons (Fsp3) is 0.769. The number of rotatable bonds is 2. The molecule has 1 amide bonds. The standard InChI is InChI=1S/C13H22IN5O2/c1-13(2,3)21-12(20)18-6-4-5-9(8-18)19-11(14)10(7-15)16-17-19/h9H,4-8,15H2,1-3H3. The molecule has 0 aromatic carbocycles. The van der Waals surface area contributed by atoms with Gasteiger partial charge in [0.15, 0.2) is 0 Å². The van der Waals surface area contributed by atoms with E-state index in [4.69, 9.17) is 10.5 Å². The highest BCUT2D eigenvalue weighted by molar-refractivity contribution is 14.1. The fourth-order valence-electron chi connectivity index (χ4n) is 2.32. The van der Waals surface area contributed by atoms with Crippen LogP contribution in [-0.4, -0.2) is 44.7 Å². The highest BCUT2D eigenvalue weighted by atomic mass is 127. The molecule has 0 saturated carbocycles. The van der Waals surface area contributed by atoms with Gasteiger partial charge < -0.3 is 15.4 Å². The van der Waals surface area contributed by atoms with Crippen molar-refractivity contribution in [3.05, 3.63) is 9.39 Å². The molecule has 8 heteroatoms. The summed E-state index contributed by atoms with van der Waals surface area (Å²) in [5, 5.41) is 8.26. The minimum atomic E-state index is -0.474. The molecule has 0 spiro atoms. The molecule has 2 rings (SSSR count). The molecule has 0 bridgehead atoms. The topological polar surface area (TPSA) is 86.3 Å². The summed E-state index contributed by atoms with van der Waals surface area (Å²) in [6.07, 6.45) is 1.64. The molecule has 0 radical (unpaired) electrons. The summed E-state index contributed by atoms with van der Waals surface area (Å²) in [6.45, 7) is 7.32. The maximum absolute atomic E-state index is 12.2. The monoisotopic (exact) mass is 407 g/mol. The Labute approximate surface area is 138 Å². The van der Waals surface area contributed by atoms with Crippen LogP contribution < -0.4 is 5.73 Å². The third kappa shape index (κ3) is 4.06. The number of nitrogens with two attached hydrogens (primary N) is 1. The third-order valence-electron chi connectivity index (χ3n) is 3.29. The van der Waals surface area contributed by atoms with Crippen molar-refractivity contribution in [2.75, 3.05) is 13.1 Å². The second-order valence-corrected chi connectivity index (χ2v) is 7.22. The number of piperidine rings is 1. The Morgan fingerprint density at radius 2 is 2.24 bits per heavy atom. The number of carbonyl (C=O) groups excluding carboxylic acids is 1. The first-order valence-corrected chi connectivity index (χ1v) is 8.17. The average Bonchev–Trinajstić information content (AvgIpc) is 2.78. The summed E-state index contributed by atoms with van der Waals surface area (Å²) in [5.74, 6) is 0. The van der Waals surface area contributed by atoms with E-state index >= 15 is 0 Å².